The van der Waals surface area contributed by atoms with Gasteiger partial charge in [0.05, 0.1) is 4.90 Å². The quantitative estimate of drug-likeness (QED) is 0.608. The first-order chi connectivity index (χ1) is 14.8. The minimum absolute atomic E-state index is 0.194. The molecule has 1 saturated heterocycles. The van der Waals surface area contributed by atoms with Gasteiger partial charge < -0.3 is 5.32 Å². The molecule has 0 aromatic heterocycles. The summed E-state index contributed by atoms with van der Waals surface area (Å²) in [6.07, 6.45) is 3.47. The number of nitrogens with zero attached hydrogens (tertiary/aromatic N) is 1. The molecule has 3 rings (SSSR count). The molecule has 168 valence electrons. The van der Waals surface area contributed by atoms with E-state index in [9.17, 15) is 13.2 Å². The Bertz CT molecular complexity index is 976. The number of hydrogen-bond donors (Lipinski definition) is 1. The Morgan fingerprint density at radius 2 is 1.77 bits per heavy atom. The summed E-state index contributed by atoms with van der Waals surface area (Å²) in [6.45, 7) is 8.13. The molecular formula is C25H34N2O3S. The van der Waals surface area contributed by atoms with Crippen LogP contribution in [0.25, 0.3) is 0 Å². The van der Waals surface area contributed by atoms with E-state index in [-0.39, 0.29) is 10.8 Å². The first-order valence-electron chi connectivity index (χ1n) is 11.2. The molecule has 5 nitrogen and oxygen atoms in total. The van der Waals surface area contributed by atoms with Crippen LogP contribution in [0.5, 0.6) is 0 Å². The highest BCUT2D eigenvalue weighted by Gasteiger charge is 2.28. The summed E-state index contributed by atoms with van der Waals surface area (Å²) in [5.74, 6) is 0.836. The lowest BCUT2D eigenvalue weighted by molar-refractivity contribution is 0.0953. The van der Waals surface area contributed by atoms with Crippen molar-refractivity contribution in [3.63, 3.8) is 0 Å². The molecule has 2 aromatic rings. The molecule has 1 aliphatic rings. The fraction of sp³-hybridized carbons (Fsp3) is 0.480. The Morgan fingerprint density at radius 1 is 1.10 bits per heavy atom. The third kappa shape index (κ3) is 6.17. The third-order valence-corrected chi connectivity index (χ3v) is 7.95. The summed E-state index contributed by atoms with van der Waals surface area (Å²) in [7, 11) is -3.56. The molecule has 6 heteroatoms. The van der Waals surface area contributed by atoms with Gasteiger partial charge in [0.15, 0.2) is 0 Å². The molecule has 1 N–H and O–H groups in total. The van der Waals surface area contributed by atoms with E-state index in [1.165, 1.54) is 21.5 Å². The Morgan fingerprint density at radius 3 is 2.42 bits per heavy atom. The lowest BCUT2D eigenvalue weighted by Gasteiger charge is -2.29. The van der Waals surface area contributed by atoms with E-state index in [2.05, 4.69) is 50.4 Å². The molecule has 1 fully saturated rings. The normalized spacial score (nSPS) is 15.9. The van der Waals surface area contributed by atoms with Gasteiger partial charge in [0.2, 0.25) is 10.0 Å². The Hall–Kier alpha value is -2.18. The predicted octanol–water partition coefficient (Wildman–Crippen LogP) is 4.59. The number of piperidine rings is 1. The van der Waals surface area contributed by atoms with Crippen LogP contribution >= 0.6 is 0 Å². The number of nitrogens with one attached hydrogen (secondary N) is 1. The minimum atomic E-state index is -3.56. The molecule has 1 aliphatic heterocycles. The van der Waals surface area contributed by atoms with Crippen LogP contribution in [0, 0.1) is 5.92 Å². The van der Waals surface area contributed by atoms with Gasteiger partial charge in [-0.25, -0.2) is 8.42 Å². The molecule has 0 radical (unpaired) electrons. The van der Waals surface area contributed by atoms with Crippen molar-refractivity contribution in [3.8, 4) is 0 Å². The first kappa shape index (κ1) is 23.5. The Labute approximate surface area is 186 Å². The molecule has 1 amide bonds. The number of amides is 1. The number of benzene rings is 2. The number of rotatable bonds is 8. The monoisotopic (exact) mass is 442 g/mol. The van der Waals surface area contributed by atoms with Crippen molar-refractivity contribution in [1.29, 1.82) is 0 Å². The summed E-state index contributed by atoms with van der Waals surface area (Å²) in [5, 5.41) is 2.92. The summed E-state index contributed by atoms with van der Waals surface area (Å²) < 4.78 is 27.4. The van der Waals surface area contributed by atoms with E-state index in [1.807, 2.05) is 0 Å². The van der Waals surface area contributed by atoms with E-state index in [0.29, 0.717) is 37.0 Å². The average Bonchev–Trinajstić information content (AvgIpc) is 2.77. The number of carbonyl (C=O) groups excluding carboxylic acids is 1. The summed E-state index contributed by atoms with van der Waals surface area (Å²) in [5.41, 5.74) is 2.96. The first-order valence-corrected chi connectivity index (χ1v) is 12.7. The van der Waals surface area contributed by atoms with Gasteiger partial charge in [-0.05, 0) is 66.8 Å². The number of hydrogen-bond acceptors (Lipinski definition) is 3. The van der Waals surface area contributed by atoms with Crippen LogP contribution in [0.15, 0.2) is 53.4 Å². The molecule has 2 aromatic carbocycles. The maximum atomic E-state index is 12.9. The van der Waals surface area contributed by atoms with Crippen molar-refractivity contribution in [2.24, 2.45) is 5.92 Å². The van der Waals surface area contributed by atoms with Crippen molar-refractivity contribution >= 4 is 15.9 Å². The van der Waals surface area contributed by atoms with Crippen molar-refractivity contribution in [3.05, 3.63) is 65.2 Å². The summed E-state index contributed by atoms with van der Waals surface area (Å²) in [4.78, 5) is 12.7. The minimum Gasteiger partial charge on any atom is -0.352 e. The second-order valence-corrected chi connectivity index (χ2v) is 10.8. The predicted molar refractivity (Wildman–Crippen MR) is 125 cm³/mol. The second-order valence-electron chi connectivity index (χ2n) is 8.87. The fourth-order valence-electron chi connectivity index (χ4n) is 3.84. The highest BCUT2D eigenvalue weighted by Crippen LogP contribution is 2.24. The topological polar surface area (TPSA) is 66.5 Å². The van der Waals surface area contributed by atoms with Crippen molar-refractivity contribution < 1.29 is 13.2 Å². The zero-order valence-electron chi connectivity index (χ0n) is 18.8. The SMILES string of the molecule is CC1CCN(S(=O)(=O)c2cccc(C(=O)NCCCc3ccc(C(C)C)cc3)c2)CC1. The van der Waals surface area contributed by atoms with Gasteiger partial charge in [-0.15, -0.1) is 0 Å². The van der Waals surface area contributed by atoms with Gasteiger partial charge in [0.25, 0.3) is 5.91 Å². The van der Waals surface area contributed by atoms with Gasteiger partial charge in [-0.3, -0.25) is 4.79 Å². The van der Waals surface area contributed by atoms with Gasteiger partial charge in [-0.1, -0.05) is 51.1 Å². The third-order valence-electron chi connectivity index (χ3n) is 6.05. The second kappa shape index (κ2) is 10.4. The zero-order chi connectivity index (χ0) is 22.4. The van der Waals surface area contributed by atoms with Crippen LogP contribution in [0.4, 0.5) is 0 Å². The van der Waals surface area contributed by atoms with Crippen LogP contribution in [0.2, 0.25) is 0 Å². The standard InChI is InChI=1S/C25H34N2O3S/c1-19(2)22-11-9-21(10-12-22)6-5-15-26-25(28)23-7-4-8-24(18-23)31(29,30)27-16-13-20(3)14-17-27/h4,7-12,18-20H,5-6,13-17H2,1-3H3,(H,26,28). The van der Waals surface area contributed by atoms with Crippen molar-refractivity contribution in [2.45, 2.75) is 57.3 Å². The molecule has 1 heterocycles. The van der Waals surface area contributed by atoms with Crippen LogP contribution in [0.3, 0.4) is 0 Å². The van der Waals surface area contributed by atoms with Crippen LogP contribution in [-0.2, 0) is 16.4 Å². The van der Waals surface area contributed by atoms with Crippen molar-refractivity contribution in [1.82, 2.24) is 9.62 Å². The van der Waals surface area contributed by atoms with Gasteiger partial charge >= 0.3 is 0 Å². The number of aryl methyl sites for hydroxylation is 1. The Kier molecular flexibility index (Phi) is 7.89. The number of sulfonamides is 1. The van der Waals surface area contributed by atoms with Crippen LogP contribution in [-0.4, -0.2) is 38.3 Å². The lowest BCUT2D eigenvalue weighted by Crippen LogP contribution is -2.38. The largest absolute Gasteiger partial charge is 0.352 e. The van der Waals surface area contributed by atoms with Crippen LogP contribution in [0.1, 0.15) is 67.4 Å². The molecule has 0 aliphatic carbocycles. The summed E-state index contributed by atoms with van der Waals surface area (Å²) in [6, 6.07) is 15.0. The molecule has 0 saturated carbocycles. The van der Waals surface area contributed by atoms with E-state index < -0.39 is 10.0 Å². The molecule has 0 atom stereocenters. The lowest BCUT2D eigenvalue weighted by atomic mass is 10.0. The molecular weight excluding hydrogens is 408 g/mol. The summed E-state index contributed by atoms with van der Waals surface area (Å²) >= 11 is 0. The average molecular weight is 443 g/mol. The molecule has 0 bridgehead atoms. The zero-order valence-corrected chi connectivity index (χ0v) is 19.6. The maximum absolute atomic E-state index is 12.9. The van der Waals surface area contributed by atoms with E-state index >= 15 is 0 Å². The van der Waals surface area contributed by atoms with Gasteiger partial charge in [0, 0.05) is 25.2 Å². The van der Waals surface area contributed by atoms with E-state index in [1.54, 1.807) is 18.2 Å². The van der Waals surface area contributed by atoms with Crippen LogP contribution < -0.4 is 5.32 Å². The number of carbonyl (C=O) groups is 1. The molecule has 31 heavy (non-hydrogen) atoms. The van der Waals surface area contributed by atoms with Crippen molar-refractivity contribution in [2.75, 3.05) is 19.6 Å². The molecule has 0 spiro atoms. The Balaban J connectivity index is 1.54. The highest BCUT2D eigenvalue weighted by molar-refractivity contribution is 7.89. The van der Waals surface area contributed by atoms with E-state index in [4.69, 9.17) is 0 Å². The van der Waals surface area contributed by atoms with Gasteiger partial charge in [0.1, 0.15) is 0 Å². The molecule has 0 unspecified atom stereocenters. The van der Waals surface area contributed by atoms with Gasteiger partial charge in [-0.2, -0.15) is 4.31 Å². The smallest absolute Gasteiger partial charge is 0.251 e. The fourth-order valence-corrected chi connectivity index (χ4v) is 5.35. The maximum Gasteiger partial charge on any atom is 0.251 e. The highest BCUT2D eigenvalue weighted by atomic mass is 32.2. The van der Waals surface area contributed by atoms with E-state index in [0.717, 1.165) is 25.7 Å².